The van der Waals surface area contributed by atoms with E-state index in [9.17, 15) is 4.79 Å². The molecule has 0 aliphatic heterocycles. The zero-order chi connectivity index (χ0) is 19.2. The third-order valence-corrected chi connectivity index (χ3v) is 3.85. The molecule has 1 aromatic heterocycles. The lowest BCUT2D eigenvalue weighted by atomic mass is 10.1. The topological polar surface area (TPSA) is 85.4 Å². The molecule has 27 heavy (non-hydrogen) atoms. The van der Waals surface area contributed by atoms with Crippen LogP contribution in [0.25, 0.3) is 0 Å². The Balaban J connectivity index is 1.82. The fraction of sp³-hybridized carbons (Fsp3) is 0.150. The fourth-order valence-corrected chi connectivity index (χ4v) is 2.48. The molecule has 3 aromatic rings. The van der Waals surface area contributed by atoms with Gasteiger partial charge in [0.2, 0.25) is 5.95 Å². The van der Waals surface area contributed by atoms with E-state index in [4.69, 9.17) is 9.47 Å². The number of nitrogens with one attached hydrogen (secondary N) is 2. The monoisotopic (exact) mass is 364 g/mol. The fourth-order valence-electron chi connectivity index (χ4n) is 2.48. The van der Waals surface area contributed by atoms with Gasteiger partial charge in [-0.1, -0.05) is 12.1 Å². The SMILES string of the molecule is COc1ccc(OC)c(Nc2nccc(Nc3cccc(C(C)=O)c3)n2)c1. The van der Waals surface area contributed by atoms with E-state index in [1.165, 1.54) is 6.92 Å². The summed E-state index contributed by atoms with van der Waals surface area (Å²) in [6.45, 7) is 1.54. The Morgan fingerprint density at radius 1 is 1.00 bits per heavy atom. The molecule has 0 aliphatic carbocycles. The molecule has 0 aliphatic rings. The van der Waals surface area contributed by atoms with E-state index in [-0.39, 0.29) is 5.78 Å². The molecule has 0 unspecified atom stereocenters. The lowest BCUT2D eigenvalue weighted by Gasteiger charge is -2.12. The predicted molar refractivity (Wildman–Crippen MR) is 105 cm³/mol. The van der Waals surface area contributed by atoms with Gasteiger partial charge in [0.1, 0.15) is 17.3 Å². The third kappa shape index (κ3) is 4.52. The van der Waals surface area contributed by atoms with Gasteiger partial charge in [-0.05, 0) is 37.3 Å². The van der Waals surface area contributed by atoms with Crippen molar-refractivity contribution in [3.63, 3.8) is 0 Å². The first-order chi connectivity index (χ1) is 13.1. The van der Waals surface area contributed by atoms with Crippen molar-refractivity contribution >= 4 is 28.9 Å². The van der Waals surface area contributed by atoms with Gasteiger partial charge >= 0.3 is 0 Å². The van der Waals surface area contributed by atoms with Crippen LogP contribution in [0.3, 0.4) is 0 Å². The molecule has 0 saturated heterocycles. The summed E-state index contributed by atoms with van der Waals surface area (Å²) in [5.74, 6) is 2.33. The van der Waals surface area contributed by atoms with Crippen LogP contribution < -0.4 is 20.1 Å². The highest BCUT2D eigenvalue weighted by molar-refractivity contribution is 5.95. The summed E-state index contributed by atoms with van der Waals surface area (Å²) >= 11 is 0. The van der Waals surface area contributed by atoms with E-state index in [1.54, 1.807) is 50.7 Å². The molecule has 0 atom stereocenters. The van der Waals surface area contributed by atoms with Crippen molar-refractivity contribution in [1.82, 2.24) is 9.97 Å². The number of carbonyl (C=O) groups excluding carboxylic acids is 1. The zero-order valence-electron chi connectivity index (χ0n) is 15.3. The lowest BCUT2D eigenvalue weighted by Crippen LogP contribution is -2.02. The highest BCUT2D eigenvalue weighted by Gasteiger charge is 2.08. The lowest BCUT2D eigenvalue weighted by molar-refractivity contribution is 0.101. The average Bonchev–Trinajstić information content (AvgIpc) is 2.68. The Kier molecular flexibility index (Phi) is 5.51. The van der Waals surface area contributed by atoms with E-state index in [0.29, 0.717) is 34.5 Å². The Morgan fingerprint density at radius 3 is 2.59 bits per heavy atom. The number of hydrogen-bond donors (Lipinski definition) is 2. The number of ether oxygens (including phenoxy) is 2. The first-order valence-corrected chi connectivity index (χ1v) is 8.29. The van der Waals surface area contributed by atoms with Gasteiger partial charge in [0.05, 0.1) is 19.9 Å². The van der Waals surface area contributed by atoms with Crippen LogP contribution in [0.4, 0.5) is 23.1 Å². The van der Waals surface area contributed by atoms with Crippen LogP contribution in [0.15, 0.2) is 54.7 Å². The number of anilines is 4. The van der Waals surface area contributed by atoms with Crippen molar-refractivity contribution in [2.75, 3.05) is 24.9 Å². The van der Waals surface area contributed by atoms with Crippen LogP contribution in [0.1, 0.15) is 17.3 Å². The number of ketones is 1. The van der Waals surface area contributed by atoms with Gasteiger partial charge in [-0.3, -0.25) is 4.79 Å². The summed E-state index contributed by atoms with van der Waals surface area (Å²) in [5, 5.41) is 6.31. The summed E-state index contributed by atoms with van der Waals surface area (Å²) in [6, 6.07) is 14.4. The van der Waals surface area contributed by atoms with Crippen LogP contribution in [-0.4, -0.2) is 30.0 Å². The molecule has 7 nitrogen and oxygen atoms in total. The number of carbonyl (C=O) groups is 1. The summed E-state index contributed by atoms with van der Waals surface area (Å²) in [4.78, 5) is 20.2. The van der Waals surface area contributed by atoms with Crippen molar-refractivity contribution < 1.29 is 14.3 Å². The van der Waals surface area contributed by atoms with Crippen LogP contribution in [0.2, 0.25) is 0 Å². The van der Waals surface area contributed by atoms with E-state index in [0.717, 1.165) is 5.69 Å². The minimum Gasteiger partial charge on any atom is -0.497 e. The van der Waals surface area contributed by atoms with Crippen molar-refractivity contribution in [3.8, 4) is 11.5 Å². The van der Waals surface area contributed by atoms with Gasteiger partial charge < -0.3 is 20.1 Å². The first kappa shape index (κ1) is 18.2. The van der Waals surface area contributed by atoms with E-state index in [1.807, 2.05) is 18.2 Å². The molecule has 7 heteroatoms. The average molecular weight is 364 g/mol. The second-order valence-corrected chi connectivity index (χ2v) is 5.72. The molecule has 0 saturated carbocycles. The van der Waals surface area contributed by atoms with Crippen LogP contribution >= 0.6 is 0 Å². The van der Waals surface area contributed by atoms with Crippen LogP contribution in [-0.2, 0) is 0 Å². The number of nitrogens with zero attached hydrogens (tertiary/aromatic N) is 2. The summed E-state index contributed by atoms with van der Waals surface area (Å²) < 4.78 is 10.6. The molecule has 0 amide bonds. The summed E-state index contributed by atoms with van der Waals surface area (Å²) in [6.07, 6.45) is 1.64. The van der Waals surface area contributed by atoms with Crippen molar-refractivity contribution in [2.45, 2.75) is 6.92 Å². The zero-order valence-corrected chi connectivity index (χ0v) is 15.3. The Morgan fingerprint density at radius 2 is 1.85 bits per heavy atom. The van der Waals surface area contributed by atoms with Gasteiger partial charge in [0.25, 0.3) is 0 Å². The number of benzene rings is 2. The smallest absolute Gasteiger partial charge is 0.229 e. The third-order valence-electron chi connectivity index (χ3n) is 3.85. The molecule has 2 N–H and O–H groups in total. The van der Waals surface area contributed by atoms with Gasteiger partial charge in [-0.25, -0.2) is 4.98 Å². The molecule has 0 spiro atoms. The quantitative estimate of drug-likeness (QED) is 0.608. The van der Waals surface area contributed by atoms with Crippen LogP contribution in [0.5, 0.6) is 11.5 Å². The van der Waals surface area contributed by atoms with Gasteiger partial charge in [-0.15, -0.1) is 0 Å². The van der Waals surface area contributed by atoms with Crippen molar-refractivity contribution in [3.05, 3.63) is 60.3 Å². The number of Topliss-reactive ketones (excluding diaryl/α,β-unsaturated/α-hetero) is 1. The molecule has 0 fully saturated rings. The van der Waals surface area contributed by atoms with Crippen LogP contribution in [0, 0.1) is 0 Å². The standard InChI is InChI=1S/C20H20N4O3/c1-13(25)14-5-4-6-15(11-14)22-19-9-10-21-20(24-19)23-17-12-16(26-2)7-8-18(17)27-3/h4-12H,1-3H3,(H2,21,22,23,24). The van der Waals surface area contributed by atoms with E-state index in [2.05, 4.69) is 20.6 Å². The molecular weight excluding hydrogens is 344 g/mol. The number of aromatic nitrogens is 2. The second kappa shape index (κ2) is 8.18. The Bertz CT molecular complexity index is 959. The maximum atomic E-state index is 11.5. The van der Waals surface area contributed by atoms with Crippen molar-refractivity contribution in [1.29, 1.82) is 0 Å². The molecule has 3 rings (SSSR count). The number of methoxy groups -OCH3 is 2. The predicted octanol–water partition coefficient (Wildman–Crippen LogP) is 4.18. The normalized spacial score (nSPS) is 10.2. The Labute approximate surface area is 157 Å². The Hall–Kier alpha value is -3.61. The first-order valence-electron chi connectivity index (χ1n) is 8.29. The van der Waals surface area contributed by atoms with E-state index >= 15 is 0 Å². The maximum Gasteiger partial charge on any atom is 0.229 e. The molecule has 1 heterocycles. The highest BCUT2D eigenvalue weighted by Crippen LogP contribution is 2.30. The van der Waals surface area contributed by atoms with Gasteiger partial charge in [-0.2, -0.15) is 4.98 Å². The number of hydrogen-bond acceptors (Lipinski definition) is 7. The minimum absolute atomic E-state index is 0.00816. The van der Waals surface area contributed by atoms with Gasteiger partial charge in [0, 0.05) is 23.5 Å². The maximum absolute atomic E-state index is 11.5. The summed E-state index contributed by atoms with van der Waals surface area (Å²) in [5.41, 5.74) is 2.09. The minimum atomic E-state index is 0.00816. The number of rotatable bonds is 7. The van der Waals surface area contributed by atoms with Gasteiger partial charge in [0.15, 0.2) is 5.78 Å². The molecule has 0 radical (unpaired) electrons. The highest BCUT2D eigenvalue weighted by atomic mass is 16.5. The van der Waals surface area contributed by atoms with Crippen molar-refractivity contribution in [2.24, 2.45) is 0 Å². The molecule has 2 aromatic carbocycles. The largest absolute Gasteiger partial charge is 0.497 e. The molecule has 0 bridgehead atoms. The second-order valence-electron chi connectivity index (χ2n) is 5.72. The summed E-state index contributed by atoms with van der Waals surface area (Å²) in [7, 11) is 3.19. The molecule has 138 valence electrons. The van der Waals surface area contributed by atoms with E-state index < -0.39 is 0 Å². The molecular formula is C20H20N4O3.